The van der Waals surface area contributed by atoms with Gasteiger partial charge in [-0.1, -0.05) is 32.4 Å². The maximum atomic E-state index is 12.2. The molecule has 0 saturated carbocycles. The predicted molar refractivity (Wildman–Crippen MR) is 72.4 cm³/mol. The van der Waals surface area contributed by atoms with Gasteiger partial charge in [-0.3, -0.25) is 0 Å². The average molecular weight is 285 g/mol. The molecule has 1 aromatic carbocycles. The first-order chi connectivity index (χ1) is 8.92. The van der Waals surface area contributed by atoms with Crippen molar-refractivity contribution in [2.24, 2.45) is 5.92 Å². The van der Waals surface area contributed by atoms with Crippen LogP contribution in [0.1, 0.15) is 30.6 Å². The number of rotatable bonds is 6. The first-order valence-electron chi connectivity index (χ1n) is 6.09. The largest absolute Gasteiger partial charge is 0.465 e. The van der Waals surface area contributed by atoms with Gasteiger partial charge in [0.25, 0.3) is 0 Å². The quantitative estimate of drug-likeness (QED) is 0.809. The summed E-state index contributed by atoms with van der Waals surface area (Å²) < 4.78 is 31.4. The van der Waals surface area contributed by atoms with E-state index in [1.807, 2.05) is 13.8 Å². The van der Waals surface area contributed by atoms with Gasteiger partial charge in [0.15, 0.2) is 0 Å². The smallest absolute Gasteiger partial charge is 0.339 e. The number of hydrogen-bond acceptors (Lipinski definition) is 4. The maximum absolute atomic E-state index is 12.2. The number of benzene rings is 1. The molecule has 0 heterocycles. The monoisotopic (exact) mass is 285 g/mol. The molecule has 0 aliphatic rings. The summed E-state index contributed by atoms with van der Waals surface area (Å²) in [5, 5.41) is 0. The average Bonchev–Trinajstić information content (AvgIpc) is 2.43. The highest BCUT2D eigenvalue weighted by Gasteiger charge is 2.22. The van der Waals surface area contributed by atoms with Crippen LogP contribution in [0.15, 0.2) is 29.2 Å². The van der Waals surface area contributed by atoms with Crippen molar-refractivity contribution in [3.8, 4) is 0 Å². The second-order valence-electron chi connectivity index (χ2n) is 4.35. The Morgan fingerprint density at radius 1 is 1.37 bits per heavy atom. The van der Waals surface area contributed by atoms with E-state index in [1.54, 1.807) is 12.1 Å². The highest BCUT2D eigenvalue weighted by Crippen LogP contribution is 2.16. The van der Waals surface area contributed by atoms with Crippen LogP contribution < -0.4 is 4.72 Å². The van der Waals surface area contributed by atoms with Crippen molar-refractivity contribution < 1.29 is 17.9 Å². The summed E-state index contributed by atoms with van der Waals surface area (Å²) >= 11 is 0. The summed E-state index contributed by atoms with van der Waals surface area (Å²) in [6.45, 7) is 4.28. The number of esters is 1. The van der Waals surface area contributed by atoms with Gasteiger partial charge < -0.3 is 4.74 Å². The Morgan fingerprint density at radius 2 is 2.00 bits per heavy atom. The van der Waals surface area contributed by atoms with Crippen LogP contribution in [0.5, 0.6) is 0 Å². The normalized spacial score (nSPS) is 13.0. The molecule has 0 radical (unpaired) electrons. The summed E-state index contributed by atoms with van der Waals surface area (Å²) in [5.41, 5.74) is 0.0432. The van der Waals surface area contributed by atoms with E-state index < -0.39 is 16.0 Å². The summed E-state index contributed by atoms with van der Waals surface area (Å²) in [6, 6.07) is 6.00. The van der Waals surface area contributed by atoms with Crippen molar-refractivity contribution in [3.63, 3.8) is 0 Å². The van der Waals surface area contributed by atoms with E-state index in [1.165, 1.54) is 19.2 Å². The fraction of sp³-hybridized carbons (Fsp3) is 0.462. The molecule has 1 aromatic rings. The third-order valence-electron chi connectivity index (χ3n) is 2.90. The lowest BCUT2D eigenvalue weighted by atomic mass is 10.1. The van der Waals surface area contributed by atoms with E-state index in [9.17, 15) is 13.2 Å². The van der Waals surface area contributed by atoms with Crippen molar-refractivity contribution in [1.82, 2.24) is 4.72 Å². The third-order valence-corrected chi connectivity index (χ3v) is 4.38. The van der Waals surface area contributed by atoms with Gasteiger partial charge in [-0.15, -0.1) is 0 Å². The van der Waals surface area contributed by atoms with Gasteiger partial charge in [0.1, 0.15) is 0 Å². The minimum atomic E-state index is -3.70. The van der Waals surface area contributed by atoms with Crippen molar-refractivity contribution in [1.29, 1.82) is 0 Å². The Morgan fingerprint density at radius 3 is 2.58 bits per heavy atom. The molecule has 1 unspecified atom stereocenters. The van der Waals surface area contributed by atoms with E-state index in [-0.39, 0.29) is 16.4 Å². The number of ether oxygens (including phenoxy) is 1. The second kappa shape index (κ2) is 6.68. The Kier molecular flexibility index (Phi) is 5.50. The molecule has 106 valence electrons. The van der Waals surface area contributed by atoms with Crippen LogP contribution in [0.2, 0.25) is 0 Å². The molecule has 0 aliphatic heterocycles. The zero-order valence-electron chi connectivity index (χ0n) is 11.3. The zero-order valence-corrected chi connectivity index (χ0v) is 12.2. The standard InChI is InChI=1S/C13H19NO4S/c1-4-10(2)9-14-19(16,17)12-8-6-5-7-11(12)13(15)18-3/h5-8,10,14H,4,9H2,1-3H3. The van der Waals surface area contributed by atoms with Gasteiger partial charge in [-0.05, 0) is 18.1 Å². The SMILES string of the molecule is CCC(C)CNS(=O)(=O)c1ccccc1C(=O)OC. The highest BCUT2D eigenvalue weighted by atomic mass is 32.2. The van der Waals surface area contributed by atoms with Gasteiger partial charge in [0, 0.05) is 6.54 Å². The minimum absolute atomic E-state index is 0.0432. The molecule has 0 amide bonds. The lowest BCUT2D eigenvalue weighted by molar-refractivity contribution is 0.0596. The molecule has 0 aromatic heterocycles. The summed E-state index contributed by atoms with van der Waals surface area (Å²) in [4.78, 5) is 11.5. The van der Waals surface area contributed by atoms with E-state index in [0.29, 0.717) is 6.54 Å². The van der Waals surface area contributed by atoms with Crippen molar-refractivity contribution in [3.05, 3.63) is 29.8 Å². The van der Waals surface area contributed by atoms with Crippen LogP contribution in [0.4, 0.5) is 0 Å². The molecular formula is C13H19NO4S. The lowest BCUT2D eigenvalue weighted by Gasteiger charge is -2.12. The van der Waals surface area contributed by atoms with Crippen LogP contribution in [0.25, 0.3) is 0 Å². The molecule has 19 heavy (non-hydrogen) atoms. The highest BCUT2D eigenvalue weighted by molar-refractivity contribution is 7.89. The number of methoxy groups -OCH3 is 1. The van der Waals surface area contributed by atoms with Crippen LogP contribution >= 0.6 is 0 Å². The Balaban J connectivity index is 3.04. The molecule has 0 aliphatic carbocycles. The zero-order chi connectivity index (χ0) is 14.5. The molecule has 1 N–H and O–H groups in total. The predicted octanol–water partition coefficient (Wildman–Crippen LogP) is 1.80. The first-order valence-corrected chi connectivity index (χ1v) is 7.57. The molecule has 0 bridgehead atoms. The van der Waals surface area contributed by atoms with Crippen LogP contribution in [0, 0.1) is 5.92 Å². The fourth-order valence-electron chi connectivity index (χ4n) is 1.45. The van der Waals surface area contributed by atoms with E-state index in [0.717, 1.165) is 6.42 Å². The van der Waals surface area contributed by atoms with Crippen molar-refractivity contribution in [2.45, 2.75) is 25.2 Å². The second-order valence-corrected chi connectivity index (χ2v) is 6.09. The molecule has 6 heteroatoms. The number of sulfonamides is 1. The number of hydrogen-bond donors (Lipinski definition) is 1. The Labute approximate surface area is 114 Å². The molecule has 0 fully saturated rings. The molecule has 0 saturated heterocycles. The van der Waals surface area contributed by atoms with E-state index in [2.05, 4.69) is 9.46 Å². The molecule has 1 atom stereocenters. The first kappa shape index (κ1) is 15.7. The molecule has 1 rings (SSSR count). The number of carbonyl (C=O) groups excluding carboxylic acids is 1. The Bertz CT molecular complexity index is 539. The van der Waals surface area contributed by atoms with E-state index >= 15 is 0 Å². The third kappa shape index (κ3) is 4.04. The van der Waals surface area contributed by atoms with Gasteiger partial charge in [-0.25, -0.2) is 17.9 Å². The maximum Gasteiger partial charge on any atom is 0.339 e. The molecule has 0 spiro atoms. The minimum Gasteiger partial charge on any atom is -0.465 e. The summed E-state index contributed by atoms with van der Waals surface area (Å²) in [7, 11) is -2.48. The van der Waals surface area contributed by atoms with Crippen molar-refractivity contribution >= 4 is 16.0 Å². The van der Waals surface area contributed by atoms with Gasteiger partial charge in [0.2, 0.25) is 10.0 Å². The topological polar surface area (TPSA) is 72.5 Å². The van der Waals surface area contributed by atoms with Gasteiger partial charge in [0.05, 0.1) is 17.6 Å². The molecule has 5 nitrogen and oxygen atoms in total. The lowest BCUT2D eigenvalue weighted by Crippen LogP contribution is -2.29. The van der Waals surface area contributed by atoms with Crippen LogP contribution in [0.3, 0.4) is 0 Å². The number of carbonyl (C=O) groups is 1. The van der Waals surface area contributed by atoms with Gasteiger partial charge in [-0.2, -0.15) is 0 Å². The fourth-order valence-corrected chi connectivity index (χ4v) is 2.81. The van der Waals surface area contributed by atoms with E-state index in [4.69, 9.17) is 0 Å². The number of nitrogens with one attached hydrogen (secondary N) is 1. The van der Waals surface area contributed by atoms with Crippen LogP contribution in [-0.2, 0) is 14.8 Å². The summed E-state index contributed by atoms with van der Waals surface area (Å²) in [5.74, 6) is -0.426. The van der Waals surface area contributed by atoms with Gasteiger partial charge >= 0.3 is 5.97 Å². The summed E-state index contributed by atoms with van der Waals surface area (Å²) in [6.07, 6.45) is 0.876. The Hall–Kier alpha value is -1.40. The molecular weight excluding hydrogens is 266 g/mol. The van der Waals surface area contributed by atoms with Crippen LogP contribution in [-0.4, -0.2) is 28.0 Å². The van der Waals surface area contributed by atoms with Crippen molar-refractivity contribution in [2.75, 3.05) is 13.7 Å².